The molecule has 2 atom stereocenters. The molecule has 1 heterocycles. The number of phenolic OH excluding ortho intramolecular Hbond substituents is 1. The Labute approximate surface area is 156 Å². The standard InChI is InChI=1S/C21H20O6/c1-2-11-26-18(23)10-4-13-3-9-17-16(12-13)19(21(24)25)20(27-17)14-5-7-15(22)8-6-14/h3-10,12,19-20,22H,2,11H2,1H3,(H,24,25)/b10-4+/t19-,20+/m1/s1. The maximum Gasteiger partial charge on any atom is 0.330 e. The van der Waals surface area contributed by atoms with Crippen molar-refractivity contribution in [3.8, 4) is 11.5 Å². The minimum Gasteiger partial charge on any atom is -0.508 e. The van der Waals surface area contributed by atoms with Gasteiger partial charge in [-0.25, -0.2) is 4.79 Å². The molecule has 0 unspecified atom stereocenters. The highest BCUT2D eigenvalue weighted by molar-refractivity contribution is 5.87. The third-order valence-electron chi connectivity index (χ3n) is 4.27. The molecule has 2 aromatic carbocycles. The molecule has 1 aliphatic rings. The van der Waals surface area contributed by atoms with Crippen molar-refractivity contribution in [3.05, 3.63) is 65.2 Å². The van der Waals surface area contributed by atoms with Crippen molar-refractivity contribution >= 4 is 18.0 Å². The Morgan fingerprint density at radius 3 is 2.59 bits per heavy atom. The highest BCUT2D eigenvalue weighted by Gasteiger charge is 2.40. The summed E-state index contributed by atoms with van der Waals surface area (Å²) in [6, 6.07) is 11.4. The fraction of sp³-hybridized carbons (Fsp3) is 0.238. The molecule has 6 heteroatoms. The minimum atomic E-state index is -1.00. The van der Waals surface area contributed by atoms with E-state index in [0.29, 0.717) is 29.0 Å². The van der Waals surface area contributed by atoms with E-state index >= 15 is 0 Å². The molecule has 27 heavy (non-hydrogen) atoms. The first kappa shape index (κ1) is 18.5. The third kappa shape index (κ3) is 4.11. The van der Waals surface area contributed by atoms with Crippen LogP contribution in [0.2, 0.25) is 0 Å². The summed E-state index contributed by atoms with van der Waals surface area (Å²) in [5, 5.41) is 19.2. The van der Waals surface area contributed by atoms with Crippen LogP contribution in [-0.4, -0.2) is 28.8 Å². The molecule has 0 aliphatic carbocycles. The van der Waals surface area contributed by atoms with Gasteiger partial charge in [-0.1, -0.05) is 25.1 Å². The predicted molar refractivity (Wildman–Crippen MR) is 98.6 cm³/mol. The van der Waals surface area contributed by atoms with E-state index in [0.717, 1.165) is 6.42 Å². The number of rotatable bonds is 6. The number of carbonyl (C=O) groups excluding carboxylic acids is 1. The maximum atomic E-state index is 11.9. The number of phenols is 1. The molecule has 0 amide bonds. The Hall–Kier alpha value is -3.28. The van der Waals surface area contributed by atoms with Gasteiger partial charge in [0.2, 0.25) is 0 Å². The van der Waals surface area contributed by atoms with Gasteiger partial charge in [0.1, 0.15) is 23.5 Å². The minimum absolute atomic E-state index is 0.100. The summed E-state index contributed by atoms with van der Waals surface area (Å²) in [7, 11) is 0. The second kappa shape index (κ2) is 7.95. The number of hydrogen-bond acceptors (Lipinski definition) is 5. The summed E-state index contributed by atoms with van der Waals surface area (Å²) >= 11 is 0. The van der Waals surface area contributed by atoms with E-state index in [1.165, 1.54) is 18.2 Å². The van der Waals surface area contributed by atoms with Crippen LogP contribution in [0.4, 0.5) is 0 Å². The highest BCUT2D eigenvalue weighted by Crippen LogP contribution is 2.46. The molecule has 0 aromatic heterocycles. The number of carboxylic acids is 1. The number of esters is 1. The molecular formula is C21H20O6. The maximum absolute atomic E-state index is 11.9. The summed E-state index contributed by atoms with van der Waals surface area (Å²) in [6.45, 7) is 2.27. The first-order chi connectivity index (χ1) is 13.0. The van der Waals surface area contributed by atoms with Crippen molar-refractivity contribution in [2.45, 2.75) is 25.4 Å². The van der Waals surface area contributed by atoms with Crippen molar-refractivity contribution in [2.75, 3.05) is 6.61 Å². The van der Waals surface area contributed by atoms with Crippen molar-refractivity contribution in [1.29, 1.82) is 0 Å². The molecule has 0 radical (unpaired) electrons. The molecule has 140 valence electrons. The molecule has 0 fully saturated rings. The van der Waals surface area contributed by atoms with Crippen molar-refractivity contribution in [3.63, 3.8) is 0 Å². The van der Waals surface area contributed by atoms with Crippen LogP contribution in [0.5, 0.6) is 11.5 Å². The Balaban J connectivity index is 1.86. The lowest BCUT2D eigenvalue weighted by atomic mass is 9.90. The second-order valence-corrected chi connectivity index (χ2v) is 6.24. The van der Waals surface area contributed by atoms with E-state index in [9.17, 15) is 19.8 Å². The lowest BCUT2D eigenvalue weighted by Gasteiger charge is -2.16. The molecule has 1 aliphatic heterocycles. The van der Waals surface area contributed by atoms with Gasteiger partial charge in [0.15, 0.2) is 0 Å². The van der Waals surface area contributed by atoms with Gasteiger partial charge in [0.05, 0.1) is 6.61 Å². The monoisotopic (exact) mass is 368 g/mol. The summed E-state index contributed by atoms with van der Waals surface area (Å²) in [5.41, 5.74) is 1.89. The zero-order valence-corrected chi connectivity index (χ0v) is 14.8. The molecule has 0 saturated heterocycles. The number of fused-ring (bicyclic) bond motifs is 1. The number of aliphatic carboxylic acids is 1. The van der Waals surface area contributed by atoms with Gasteiger partial charge in [0, 0.05) is 11.6 Å². The Kier molecular flexibility index (Phi) is 5.45. The largest absolute Gasteiger partial charge is 0.508 e. The van der Waals surface area contributed by atoms with E-state index in [2.05, 4.69) is 0 Å². The van der Waals surface area contributed by atoms with E-state index in [-0.39, 0.29) is 5.75 Å². The fourth-order valence-corrected chi connectivity index (χ4v) is 2.99. The predicted octanol–water partition coefficient (Wildman–Crippen LogP) is 3.66. The number of hydrogen-bond donors (Lipinski definition) is 2. The summed E-state index contributed by atoms with van der Waals surface area (Å²) in [5.74, 6) is -1.74. The van der Waals surface area contributed by atoms with Crippen LogP contribution in [0.25, 0.3) is 6.08 Å². The Morgan fingerprint density at radius 2 is 1.93 bits per heavy atom. The molecule has 0 spiro atoms. The van der Waals surface area contributed by atoms with Crippen LogP contribution in [-0.2, 0) is 14.3 Å². The summed E-state index contributed by atoms with van der Waals surface area (Å²) < 4.78 is 10.8. The van der Waals surface area contributed by atoms with E-state index < -0.39 is 24.0 Å². The smallest absolute Gasteiger partial charge is 0.330 e. The van der Waals surface area contributed by atoms with Gasteiger partial charge in [-0.05, 0) is 47.9 Å². The molecule has 3 rings (SSSR count). The van der Waals surface area contributed by atoms with Gasteiger partial charge in [-0.15, -0.1) is 0 Å². The molecule has 0 bridgehead atoms. The SMILES string of the molecule is CCCOC(=O)/C=C/c1ccc2c(c1)[C@@H](C(=O)O)[C@H](c1ccc(O)cc1)O2. The Morgan fingerprint density at radius 1 is 1.19 bits per heavy atom. The molecular weight excluding hydrogens is 348 g/mol. The third-order valence-corrected chi connectivity index (χ3v) is 4.27. The summed E-state index contributed by atoms with van der Waals surface area (Å²) in [4.78, 5) is 23.5. The second-order valence-electron chi connectivity index (χ2n) is 6.24. The number of carbonyl (C=O) groups is 2. The quantitative estimate of drug-likeness (QED) is 0.597. The molecule has 2 N–H and O–H groups in total. The number of benzene rings is 2. The van der Waals surface area contributed by atoms with Crippen LogP contribution >= 0.6 is 0 Å². The normalized spacial score (nSPS) is 18.1. The van der Waals surface area contributed by atoms with Crippen LogP contribution in [0.15, 0.2) is 48.5 Å². The van der Waals surface area contributed by atoms with Crippen LogP contribution in [0, 0.1) is 0 Å². The van der Waals surface area contributed by atoms with Gasteiger partial charge in [-0.2, -0.15) is 0 Å². The lowest BCUT2D eigenvalue weighted by Crippen LogP contribution is -2.18. The van der Waals surface area contributed by atoms with Crippen molar-refractivity contribution in [1.82, 2.24) is 0 Å². The number of aromatic hydroxyl groups is 1. The first-order valence-corrected chi connectivity index (χ1v) is 8.66. The molecule has 0 saturated carbocycles. The van der Waals surface area contributed by atoms with Crippen molar-refractivity contribution < 1.29 is 29.3 Å². The Bertz CT molecular complexity index is 869. The average molecular weight is 368 g/mol. The first-order valence-electron chi connectivity index (χ1n) is 8.66. The van der Waals surface area contributed by atoms with E-state index in [1.807, 2.05) is 6.92 Å². The average Bonchev–Trinajstić information content (AvgIpc) is 3.04. The number of ether oxygens (including phenoxy) is 2. The van der Waals surface area contributed by atoms with E-state index in [1.54, 1.807) is 36.4 Å². The molecule has 6 nitrogen and oxygen atoms in total. The van der Waals surface area contributed by atoms with Crippen LogP contribution in [0.1, 0.15) is 42.1 Å². The molecule has 2 aromatic rings. The van der Waals surface area contributed by atoms with Gasteiger partial charge in [0.25, 0.3) is 0 Å². The van der Waals surface area contributed by atoms with E-state index in [4.69, 9.17) is 9.47 Å². The highest BCUT2D eigenvalue weighted by atomic mass is 16.5. The topological polar surface area (TPSA) is 93.1 Å². The van der Waals surface area contributed by atoms with Gasteiger partial charge >= 0.3 is 11.9 Å². The van der Waals surface area contributed by atoms with Crippen molar-refractivity contribution in [2.24, 2.45) is 0 Å². The zero-order valence-electron chi connectivity index (χ0n) is 14.8. The summed E-state index contributed by atoms with van der Waals surface area (Å²) in [6.07, 6.45) is 2.96. The number of carboxylic acid groups (broad SMARTS) is 1. The van der Waals surface area contributed by atoms with Gasteiger partial charge < -0.3 is 19.7 Å². The van der Waals surface area contributed by atoms with Crippen LogP contribution in [0.3, 0.4) is 0 Å². The fourth-order valence-electron chi connectivity index (χ4n) is 2.99. The lowest BCUT2D eigenvalue weighted by molar-refractivity contribution is -0.140. The zero-order chi connectivity index (χ0) is 19.4. The van der Waals surface area contributed by atoms with Crippen LogP contribution < -0.4 is 4.74 Å². The van der Waals surface area contributed by atoms with Gasteiger partial charge in [-0.3, -0.25) is 4.79 Å².